The Morgan fingerprint density at radius 1 is 0.950 bits per heavy atom. The summed E-state index contributed by atoms with van der Waals surface area (Å²) in [6.07, 6.45) is 5.51. The molecule has 2 aliphatic carbocycles. The highest BCUT2D eigenvalue weighted by Crippen LogP contribution is 2.31. The molecule has 1 saturated heterocycles. The number of nitrogens with zero attached hydrogens (tertiary/aromatic N) is 2. The summed E-state index contributed by atoms with van der Waals surface area (Å²) >= 11 is 0. The largest absolute Gasteiger partial charge is 0.355 e. The topological polar surface area (TPSA) is 52.7 Å². The number of carbonyl (C=O) groups excluding carboxylic acids is 2. The molecule has 3 fully saturated rings. The first kappa shape index (κ1) is 13.9. The molecule has 0 unspecified atom stereocenters. The predicted molar refractivity (Wildman–Crippen MR) is 76.1 cm³/mol. The molecule has 0 bridgehead atoms. The molecule has 5 nitrogen and oxygen atoms in total. The van der Waals surface area contributed by atoms with Crippen LogP contribution in [0.3, 0.4) is 0 Å². The van der Waals surface area contributed by atoms with Crippen molar-refractivity contribution in [2.75, 3.05) is 39.3 Å². The van der Waals surface area contributed by atoms with E-state index in [0.717, 1.165) is 65.0 Å². The van der Waals surface area contributed by atoms with Gasteiger partial charge in [-0.3, -0.25) is 14.5 Å². The van der Waals surface area contributed by atoms with Crippen LogP contribution in [0.2, 0.25) is 0 Å². The fourth-order valence-corrected chi connectivity index (χ4v) is 2.93. The van der Waals surface area contributed by atoms with Gasteiger partial charge in [-0.25, -0.2) is 0 Å². The number of hydrogen-bond acceptors (Lipinski definition) is 3. The smallest absolute Gasteiger partial charge is 0.225 e. The maximum Gasteiger partial charge on any atom is 0.225 e. The second kappa shape index (κ2) is 6.12. The van der Waals surface area contributed by atoms with Crippen molar-refractivity contribution >= 4 is 11.8 Å². The van der Waals surface area contributed by atoms with Gasteiger partial charge in [0, 0.05) is 51.1 Å². The number of rotatable bonds is 5. The number of nitrogens with one attached hydrogen (secondary N) is 1. The van der Waals surface area contributed by atoms with Crippen LogP contribution in [0.5, 0.6) is 0 Å². The lowest BCUT2D eigenvalue weighted by Crippen LogP contribution is -2.51. The van der Waals surface area contributed by atoms with Gasteiger partial charge in [0.1, 0.15) is 0 Å². The van der Waals surface area contributed by atoms with Gasteiger partial charge in [0.2, 0.25) is 11.8 Å². The second-order valence-corrected chi connectivity index (χ2v) is 6.36. The molecule has 0 aromatic carbocycles. The van der Waals surface area contributed by atoms with Crippen molar-refractivity contribution in [1.82, 2.24) is 15.1 Å². The van der Waals surface area contributed by atoms with Crippen LogP contribution in [0.15, 0.2) is 0 Å². The van der Waals surface area contributed by atoms with Gasteiger partial charge in [-0.1, -0.05) is 6.42 Å². The molecule has 5 heteroatoms. The molecule has 2 amide bonds. The molecule has 1 heterocycles. The van der Waals surface area contributed by atoms with E-state index in [2.05, 4.69) is 10.2 Å². The van der Waals surface area contributed by atoms with Gasteiger partial charge < -0.3 is 10.2 Å². The van der Waals surface area contributed by atoms with Crippen LogP contribution in [-0.2, 0) is 9.59 Å². The van der Waals surface area contributed by atoms with Crippen LogP contribution < -0.4 is 5.32 Å². The van der Waals surface area contributed by atoms with E-state index in [4.69, 9.17) is 0 Å². The number of hydrogen-bond donors (Lipinski definition) is 1. The van der Waals surface area contributed by atoms with Gasteiger partial charge in [-0.05, 0) is 25.7 Å². The molecule has 2 saturated carbocycles. The lowest BCUT2D eigenvalue weighted by atomic mass is 9.85. The fraction of sp³-hybridized carbons (Fsp3) is 0.867. The normalized spacial score (nSPS) is 24.3. The molecule has 0 radical (unpaired) electrons. The lowest BCUT2D eigenvalue weighted by Gasteiger charge is -2.35. The summed E-state index contributed by atoms with van der Waals surface area (Å²) in [5, 5.41) is 3.03. The van der Waals surface area contributed by atoms with Crippen molar-refractivity contribution in [2.45, 2.75) is 32.1 Å². The molecule has 3 aliphatic rings. The van der Waals surface area contributed by atoms with Gasteiger partial charge in [0.15, 0.2) is 0 Å². The van der Waals surface area contributed by atoms with Crippen LogP contribution in [0.4, 0.5) is 0 Å². The zero-order valence-corrected chi connectivity index (χ0v) is 12.1. The van der Waals surface area contributed by atoms with Gasteiger partial charge >= 0.3 is 0 Å². The molecular weight excluding hydrogens is 254 g/mol. The molecular formula is C15H25N3O2. The summed E-state index contributed by atoms with van der Waals surface area (Å²) in [5.74, 6) is 1.22. The maximum atomic E-state index is 11.9. The van der Waals surface area contributed by atoms with Crippen LogP contribution in [0.25, 0.3) is 0 Å². The van der Waals surface area contributed by atoms with Gasteiger partial charge in [0.05, 0.1) is 0 Å². The Morgan fingerprint density at radius 2 is 1.65 bits per heavy atom. The van der Waals surface area contributed by atoms with E-state index in [1.807, 2.05) is 4.90 Å². The van der Waals surface area contributed by atoms with Gasteiger partial charge in [0.25, 0.3) is 0 Å². The first-order valence-electron chi connectivity index (χ1n) is 8.03. The summed E-state index contributed by atoms with van der Waals surface area (Å²) in [6, 6.07) is 0. The van der Waals surface area contributed by atoms with E-state index < -0.39 is 0 Å². The lowest BCUT2D eigenvalue weighted by molar-refractivity contribution is -0.134. The Balaban J connectivity index is 1.30. The standard InChI is InChI=1S/C15H25N3O2/c19-14(12-2-1-3-12)16-6-7-17-8-10-18(11-9-17)15(20)13-4-5-13/h12-13H,1-11H2,(H,16,19). The van der Waals surface area contributed by atoms with E-state index in [9.17, 15) is 9.59 Å². The minimum atomic E-state index is 0.235. The Hall–Kier alpha value is -1.10. The Morgan fingerprint density at radius 3 is 2.20 bits per heavy atom. The number of piperazine rings is 1. The van der Waals surface area contributed by atoms with Crippen LogP contribution in [0, 0.1) is 11.8 Å². The highest BCUT2D eigenvalue weighted by atomic mass is 16.2. The van der Waals surface area contributed by atoms with Crippen LogP contribution >= 0.6 is 0 Å². The van der Waals surface area contributed by atoms with Crippen LogP contribution in [0.1, 0.15) is 32.1 Å². The third kappa shape index (κ3) is 3.32. The van der Waals surface area contributed by atoms with E-state index in [-0.39, 0.29) is 11.8 Å². The molecule has 0 spiro atoms. The molecule has 112 valence electrons. The molecule has 0 aromatic rings. The van der Waals surface area contributed by atoms with E-state index in [1.165, 1.54) is 6.42 Å². The average Bonchev–Trinajstić information content (AvgIpc) is 3.21. The van der Waals surface area contributed by atoms with Crippen molar-refractivity contribution in [3.8, 4) is 0 Å². The zero-order valence-electron chi connectivity index (χ0n) is 12.1. The fourth-order valence-electron chi connectivity index (χ4n) is 2.93. The summed E-state index contributed by atoms with van der Waals surface area (Å²) in [4.78, 5) is 28.0. The minimum absolute atomic E-state index is 0.235. The van der Waals surface area contributed by atoms with Gasteiger partial charge in [-0.2, -0.15) is 0 Å². The molecule has 1 N–H and O–H groups in total. The zero-order chi connectivity index (χ0) is 13.9. The molecule has 0 aromatic heterocycles. The summed E-state index contributed by atoms with van der Waals surface area (Å²) in [5.41, 5.74) is 0. The van der Waals surface area contributed by atoms with E-state index in [1.54, 1.807) is 0 Å². The second-order valence-electron chi connectivity index (χ2n) is 6.36. The predicted octanol–water partition coefficient (Wildman–Crippen LogP) is 0.457. The quantitative estimate of drug-likeness (QED) is 0.795. The number of amides is 2. The third-order valence-electron chi connectivity index (χ3n) is 4.81. The number of carbonyl (C=O) groups is 2. The highest BCUT2D eigenvalue weighted by molar-refractivity contribution is 5.81. The monoisotopic (exact) mass is 279 g/mol. The minimum Gasteiger partial charge on any atom is -0.355 e. The van der Waals surface area contributed by atoms with Crippen molar-refractivity contribution in [3.05, 3.63) is 0 Å². The SMILES string of the molecule is O=C(NCCN1CCN(C(=O)C2CC2)CC1)C1CCC1. The van der Waals surface area contributed by atoms with Crippen molar-refractivity contribution in [1.29, 1.82) is 0 Å². The van der Waals surface area contributed by atoms with E-state index in [0.29, 0.717) is 11.8 Å². The third-order valence-corrected chi connectivity index (χ3v) is 4.81. The van der Waals surface area contributed by atoms with Gasteiger partial charge in [-0.15, -0.1) is 0 Å². The van der Waals surface area contributed by atoms with Crippen molar-refractivity contribution < 1.29 is 9.59 Å². The Labute approximate surface area is 120 Å². The Kier molecular flexibility index (Phi) is 4.24. The first-order valence-corrected chi connectivity index (χ1v) is 8.03. The van der Waals surface area contributed by atoms with E-state index >= 15 is 0 Å². The summed E-state index contributed by atoms with van der Waals surface area (Å²) < 4.78 is 0. The van der Waals surface area contributed by atoms with Crippen molar-refractivity contribution in [3.63, 3.8) is 0 Å². The summed E-state index contributed by atoms with van der Waals surface area (Å²) in [6.45, 7) is 5.24. The molecule has 20 heavy (non-hydrogen) atoms. The summed E-state index contributed by atoms with van der Waals surface area (Å²) in [7, 11) is 0. The first-order chi connectivity index (χ1) is 9.74. The average molecular weight is 279 g/mol. The Bertz CT molecular complexity index is 369. The van der Waals surface area contributed by atoms with Crippen molar-refractivity contribution in [2.24, 2.45) is 11.8 Å². The molecule has 1 aliphatic heterocycles. The molecule has 3 rings (SSSR count). The molecule has 0 atom stereocenters. The highest BCUT2D eigenvalue weighted by Gasteiger charge is 2.34. The van der Waals surface area contributed by atoms with Crippen LogP contribution in [-0.4, -0.2) is 60.9 Å². The maximum absolute atomic E-state index is 11.9.